The molecule has 3 amide bonds. The Morgan fingerprint density at radius 3 is 2.32 bits per heavy atom. The Kier molecular flexibility index (Phi) is 8.60. The number of nitrogens with one attached hydrogen (secondary N) is 2. The van der Waals surface area contributed by atoms with E-state index in [2.05, 4.69) is 31.7 Å². The van der Waals surface area contributed by atoms with Gasteiger partial charge in [-0.25, -0.2) is 9.07 Å². The van der Waals surface area contributed by atoms with Crippen molar-refractivity contribution in [1.29, 1.82) is 0 Å². The maximum Gasteiger partial charge on any atom is 0.416 e. The Morgan fingerprint density at radius 1 is 1.02 bits per heavy atom. The third-order valence-corrected chi connectivity index (χ3v) is 7.63. The lowest BCUT2D eigenvalue weighted by Crippen LogP contribution is -2.55. The molecule has 0 aliphatic carbocycles. The number of fused-ring (bicyclic) bond motifs is 1. The first-order valence-electron chi connectivity index (χ1n) is 13.6. The Balaban J connectivity index is 1.72. The molecule has 4 aromatic rings. The van der Waals surface area contributed by atoms with Gasteiger partial charge in [-0.1, -0.05) is 52.3 Å². The number of rotatable bonds is 7. The molecule has 0 radical (unpaired) electrons. The second kappa shape index (κ2) is 12.2. The zero-order valence-corrected chi connectivity index (χ0v) is 25.0. The Bertz CT molecular complexity index is 1710. The van der Waals surface area contributed by atoms with E-state index in [1.54, 1.807) is 44.2 Å². The van der Waals surface area contributed by atoms with E-state index in [9.17, 15) is 31.9 Å². The largest absolute Gasteiger partial charge is 0.416 e. The lowest BCUT2D eigenvalue weighted by atomic mass is 9.81. The fraction of sp³-hybridized carbons (Fsp3) is 0.226. The minimum absolute atomic E-state index is 0.0961. The number of para-hydroxylation sites is 1. The number of halogens is 5. The summed E-state index contributed by atoms with van der Waals surface area (Å²) in [5.41, 5.74) is 0.0113. The number of nitrogens with zero attached hydrogens (tertiary/aromatic N) is 3. The SMILES string of the molecule is CCN1C(=O)[C@@H](NC(=O)c2cccc(C(F)(F)F)c2)[C@@H](c2ccc(F)cc2)c2c(NC(=O)[C@@H](C)Br)nn(-c3ccccc3)c21. The van der Waals surface area contributed by atoms with Crippen LogP contribution in [0.5, 0.6) is 0 Å². The molecule has 0 unspecified atom stereocenters. The topological polar surface area (TPSA) is 96.3 Å². The summed E-state index contributed by atoms with van der Waals surface area (Å²) < 4.78 is 55.8. The van der Waals surface area contributed by atoms with Crippen LogP contribution in [0.1, 0.15) is 46.8 Å². The van der Waals surface area contributed by atoms with E-state index in [-0.39, 0.29) is 17.9 Å². The molecule has 5 rings (SSSR count). The van der Waals surface area contributed by atoms with Gasteiger partial charge in [0.2, 0.25) is 5.91 Å². The van der Waals surface area contributed by atoms with Crippen molar-refractivity contribution in [3.8, 4) is 5.69 Å². The number of hydrogen-bond donors (Lipinski definition) is 2. The van der Waals surface area contributed by atoms with E-state index in [1.807, 2.05) is 0 Å². The summed E-state index contributed by atoms with van der Waals surface area (Å²) in [5.74, 6) is -3.08. The number of carbonyl (C=O) groups is 3. The van der Waals surface area contributed by atoms with Crippen LogP contribution in [0.4, 0.5) is 29.2 Å². The van der Waals surface area contributed by atoms with E-state index >= 15 is 0 Å². The van der Waals surface area contributed by atoms with Crippen LogP contribution in [-0.2, 0) is 15.8 Å². The van der Waals surface area contributed by atoms with Crippen LogP contribution in [0.3, 0.4) is 0 Å². The van der Waals surface area contributed by atoms with Crippen molar-refractivity contribution in [3.63, 3.8) is 0 Å². The zero-order chi connectivity index (χ0) is 31.8. The number of carbonyl (C=O) groups excluding carboxylic acids is 3. The van der Waals surface area contributed by atoms with Gasteiger partial charge in [0, 0.05) is 23.6 Å². The second-order valence-electron chi connectivity index (χ2n) is 10.1. The minimum Gasteiger partial charge on any atom is -0.339 e. The number of hydrogen-bond acceptors (Lipinski definition) is 4. The van der Waals surface area contributed by atoms with Gasteiger partial charge >= 0.3 is 6.18 Å². The van der Waals surface area contributed by atoms with Gasteiger partial charge in [0.15, 0.2) is 5.82 Å². The summed E-state index contributed by atoms with van der Waals surface area (Å²) in [7, 11) is 0. The summed E-state index contributed by atoms with van der Waals surface area (Å²) in [6, 6.07) is 16.7. The molecule has 1 aromatic heterocycles. The summed E-state index contributed by atoms with van der Waals surface area (Å²) in [6.07, 6.45) is -4.69. The molecule has 2 N–H and O–H groups in total. The number of aromatic nitrogens is 2. The highest BCUT2D eigenvalue weighted by molar-refractivity contribution is 9.10. The average molecular weight is 672 g/mol. The molecular formula is C31H26BrF4N5O3. The van der Waals surface area contributed by atoms with E-state index in [0.29, 0.717) is 28.7 Å². The lowest BCUT2D eigenvalue weighted by molar-refractivity contribution is -0.137. The molecule has 0 spiro atoms. The quantitative estimate of drug-likeness (QED) is 0.185. The molecule has 8 nitrogen and oxygen atoms in total. The lowest BCUT2D eigenvalue weighted by Gasteiger charge is -2.38. The number of anilines is 2. The van der Waals surface area contributed by atoms with Gasteiger partial charge in [0.05, 0.1) is 16.1 Å². The van der Waals surface area contributed by atoms with Crippen molar-refractivity contribution >= 4 is 45.3 Å². The highest BCUT2D eigenvalue weighted by Gasteiger charge is 2.46. The van der Waals surface area contributed by atoms with E-state index in [4.69, 9.17) is 0 Å². The molecule has 44 heavy (non-hydrogen) atoms. The number of likely N-dealkylation sites (N-methyl/N-ethyl adjacent to an activating group) is 1. The van der Waals surface area contributed by atoms with Crippen molar-refractivity contribution in [2.45, 2.75) is 36.8 Å². The van der Waals surface area contributed by atoms with Crippen molar-refractivity contribution in [1.82, 2.24) is 15.1 Å². The van der Waals surface area contributed by atoms with Gasteiger partial charge in [0.1, 0.15) is 17.7 Å². The van der Waals surface area contributed by atoms with E-state index in [0.717, 1.165) is 12.1 Å². The van der Waals surface area contributed by atoms with Crippen LogP contribution in [0.2, 0.25) is 0 Å². The van der Waals surface area contributed by atoms with Crippen LogP contribution in [0.15, 0.2) is 78.9 Å². The van der Waals surface area contributed by atoms with E-state index in [1.165, 1.54) is 39.9 Å². The molecule has 0 saturated heterocycles. The smallest absolute Gasteiger partial charge is 0.339 e. The average Bonchev–Trinajstić information content (AvgIpc) is 3.36. The monoisotopic (exact) mass is 671 g/mol. The maximum absolute atomic E-state index is 14.2. The normalized spacial score (nSPS) is 17.2. The fourth-order valence-corrected chi connectivity index (χ4v) is 5.26. The second-order valence-corrected chi connectivity index (χ2v) is 11.5. The number of benzene rings is 3. The zero-order valence-electron chi connectivity index (χ0n) is 23.4. The van der Waals surface area contributed by atoms with Gasteiger partial charge in [-0.05, 0) is 61.9 Å². The molecule has 1 aliphatic rings. The third-order valence-electron chi connectivity index (χ3n) is 7.22. The summed E-state index contributed by atoms with van der Waals surface area (Å²) in [5, 5.41) is 10.1. The third kappa shape index (κ3) is 5.96. The first-order chi connectivity index (χ1) is 20.9. The van der Waals surface area contributed by atoms with Crippen molar-refractivity contribution in [2.75, 3.05) is 16.8 Å². The molecule has 2 heterocycles. The molecule has 0 saturated carbocycles. The standard InChI is InChI=1S/C31H26BrF4N5O3/c1-3-40-29-24(26(38-27(42)17(2)32)39-41(29)22-10-5-4-6-11-22)23(18-12-14-21(33)15-13-18)25(30(40)44)37-28(43)19-8-7-9-20(16-19)31(34,35)36/h4-17,23,25H,3H2,1-2H3,(H,37,43)(H,38,39,42)/t17-,23+,25+/m1/s1. The predicted molar refractivity (Wildman–Crippen MR) is 160 cm³/mol. The summed E-state index contributed by atoms with van der Waals surface area (Å²) >= 11 is 3.25. The predicted octanol–water partition coefficient (Wildman–Crippen LogP) is 6.05. The van der Waals surface area contributed by atoms with Crippen LogP contribution in [0, 0.1) is 5.82 Å². The number of amides is 3. The molecule has 1 aliphatic heterocycles. The van der Waals surface area contributed by atoms with Gasteiger partial charge in [0.25, 0.3) is 11.8 Å². The van der Waals surface area contributed by atoms with Crippen molar-refractivity contribution < 1.29 is 31.9 Å². The minimum atomic E-state index is -4.69. The molecule has 13 heteroatoms. The summed E-state index contributed by atoms with van der Waals surface area (Å²) in [6.45, 7) is 3.46. The molecular weight excluding hydrogens is 646 g/mol. The highest BCUT2D eigenvalue weighted by atomic mass is 79.9. The summed E-state index contributed by atoms with van der Waals surface area (Å²) in [4.78, 5) is 41.3. The first-order valence-corrected chi connectivity index (χ1v) is 14.5. The molecule has 0 fully saturated rings. The fourth-order valence-electron chi connectivity index (χ4n) is 5.15. The molecule has 228 valence electrons. The molecule has 3 aromatic carbocycles. The highest BCUT2D eigenvalue weighted by Crippen LogP contribution is 2.45. The Morgan fingerprint density at radius 2 is 1.70 bits per heavy atom. The molecule has 0 bridgehead atoms. The van der Waals surface area contributed by atoms with Crippen molar-refractivity contribution in [2.24, 2.45) is 0 Å². The maximum atomic E-state index is 14.2. The van der Waals surface area contributed by atoms with Crippen LogP contribution < -0.4 is 15.5 Å². The van der Waals surface area contributed by atoms with Crippen molar-refractivity contribution in [3.05, 3.63) is 107 Å². The van der Waals surface area contributed by atoms with E-state index < -0.39 is 52.1 Å². The van der Waals surface area contributed by atoms with Gasteiger partial charge < -0.3 is 10.6 Å². The van der Waals surface area contributed by atoms with Gasteiger partial charge in [-0.3, -0.25) is 19.3 Å². The van der Waals surface area contributed by atoms with Crippen LogP contribution in [-0.4, -0.2) is 44.9 Å². The van der Waals surface area contributed by atoms with Crippen LogP contribution >= 0.6 is 15.9 Å². The van der Waals surface area contributed by atoms with Gasteiger partial charge in [-0.15, -0.1) is 5.10 Å². The number of alkyl halides is 4. The van der Waals surface area contributed by atoms with Gasteiger partial charge in [-0.2, -0.15) is 13.2 Å². The Hall–Kier alpha value is -4.52. The first kappa shape index (κ1) is 30.9. The van der Waals surface area contributed by atoms with Crippen LogP contribution in [0.25, 0.3) is 5.69 Å². The molecule has 3 atom stereocenters. The Labute approximate surface area is 258 Å².